The monoisotopic (exact) mass is 312 g/mol. The molecule has 4 aliphatic carbocycles. The van der Waals surface area contributed by atoms with E-state index in [1.165, 1.54) is 49.7 Å². The van der Waals surface area contributed by atoms with E-state index in [0.717, 1.165) is 36.5 Å². The Labute approximate surface area is 141 Å². The van der Waals surface area contributed by atoms with Crippen LogP contribution in [0.3, 0.4) is 0 Å². The number of rotatable bonds is 1. The zero-order chi connectivity index (χ0) is 16.4. The lowest BCUT2D eigenvalue weighted by Gasteiger charge is -2.58. The van der Waals surface area contributed by atoms with E-state index in [4.69, 9.17) is 0 Å². The summed E-state index contributed by atoms with van der Waals surface area (Å²) in [5.74, 6) is 3.70. The van der Waals surface area contributed by atoms with Crippen molar-refractivity contribution in [2.45, 2.75) is 72.1 Å². The normalized spacial score (nSPS) is 49.0. The molecule has 3 fully saturated rings. The molecule has 0 heterocycles. The van der Waals surface area contributed by atoms with Gasteiger partial charge in [0.2, 0.25) is 0 Å². The van der Waals surface area contributed by atoms with Gasteiger partial charge < -0.3 is 0 Å². The molecule has 0 amide bonds. The maximum atomic E-state index is 11.9. The highest BCUT2D eigenvalue weighted by molar-refractivity contribution is 5.91. The SMILES string of the molecule is C=C(C)C1CCC2C3CCC4=CC(=O)CCC4(C)C3CCC12C. The van der Waals surface area contributed by atoms with Gasteiger partial charge in [-0.3, -0.25) is 4.79 Å². The second kappa shape index (κ2) is 5.07. The fourth-order valence-corrected chi connectivity index (χ4v) is 7.37. The fraction of sp³-hybridized carbons (Fsp3) is 0.773. The van der Waals surface area contributed by atoms with Crippen molar-refractivity contribution in [3.63, 3.8) is 0 Å². The first-order valence-corrected chi connectivity index (χ1v) is 9.75. The van der Waals surface area contributed by atoms with Crippen LogP contribution in [0, 0.1) is 34.5 Å². The second-order valence-electron chi connectivity index (χ2n) is 9.49. The Morgan fingerprint density at radius 2 is 1.87 bits per heavy atom. The average molecular weight is 312 g/mol. The third-order valence-corrected chi connectivity index (χ3v) is 8.56. The highest BCUT2D eigenvalue weighted by Gasteiger charge is 2.58. The second-order valence-corrected chi connectivity index (χ2v) is 9.49. The Morgan fingerprint density at radius 3 is 2.61 bits per heavy atom. The molecule has 0 saturated heterocycles. The van der Waals surface area contributed by atoms with Gasteiger partial charge >= 0.3 is 0 Å². The van der Waals surface area contributed by atoms with Crippen LogP contribution in [0.5, 0.6) is 0 Å². The molecule has 1 nitrogen and oxygen atoms in total. The van der Waals surface area contributed by atoms with Crippen molar-refractivity contribution in [2.24, 2.45) is 34.5 Å². The molecule has 3 saturated carbocycles. The van der Waals surface area contributed by atoms with Gasteiger partial charge in [-0.25, -0.2) is 0 Å². The molecule has 6 unspecified atom stereocenters. The van der Waals surface area contributed by atoms with Crippen LogP contribution in [0.1, 0.15) is 72.1 Å². The third kappa shape index (κ3) is 2.07. The zero-order valence-electron chi connectivity index (χ0n) is 15.2. The molecule has 0 N–H and O–H groups in total. The van der Waals surface area contributed by atoms with Crippen molar-refractivity contribution >= 4 is 5.78 Å². The van der Waals surface area contributed by atoms with E-state index in [9.17, 15) is 4.79 Å². The van der Waals surface area contributed by atoms with Crippen LogP contribution in [0.2, 0.25) is 0 Å². The van der Waals surface area contributed by atoms with Crippen molar-refractivity contribution in [3.05, 3.63) is 23.8 Å². The minimum Gasteiger partial charge on any atom is -0.295 e. The van der Waals surface area contributed by atoms with E-state index in [1.54, 1.807) is 0 Å². The summed E-state index contributed by atoms with van der Waals surface area (Å²) in [5.41, 5.74) is 3.72. The predicted molar refractivity (Wildman–Crippen MR) is 95.0 cm³/mol. The molecule has 0 radical (unpaired) electrons. The minimum absolute atomic E-state index is 0.319. The first kappa shape index (κ1) is 15.7. The molecule has 0 aromatic heterocycles. The van der Waals surface area contributed by atoms with E-state index < -0.39 is 0 Å². The van der Waals surface area contributed by atoms with Gasteiger partial charge in [0, 0.05) is 6.42 Å². The molecule has 0 spiro atoms. The van der Waals surface area contributed by atoms with Gasteiger partial charge in [0.1, 0.15) is 0 Å². The predicted octanol–water partition coefficient (Wildman–Crippen LogP) is 5.71. The van der Waals surface area contributed by atoms with Gasteiger partial charge in [-0.05, 0) is 92.4 Å². The summed E-state index contributed by atoms with van der Waals surface area (Å²) in [6.45, 7) is 11.6. The van der Waals surface area contributed by atoms with Crippen LogP contribution in [-0.4, -0.2) is 5.78 Å². The molecule has 0 bridgehead atoms. The molecule has 6 atom stereocenters. The smallest absolute Gasteiger partial charge is 0.155 e. The first-order valence-electron chi connectivity index (χ1n) is 9.75. The standard InChI is InChI=1S/C22H32O/c1-14(2)18-7-8-19-17-6-5-15-13-16(23)9-11-21(15,3)20(17)10-12-22(18,19)4/h13,17-20H,1,5-12H2,2-4H3. The topological polar surface area (TPSA) is 17.1 Å². The van der Waals surface area contributed by atoms with Gasteiger partial charge in [0.05, 0.1) is 0 Å². The van der Waals surface area contributed by atoms with Crippen LogP contribution in [0.25, 0.3) is 0 Å². The maximum Gasteiger partial charge on any atom is 0.155 e. The molecular weight excluding hydrogens is 280 g/mol. The van der Waals surface area contributed by atoms with E-state index in [-0.39, 0.29) is 0 Å². The first-order chi connectivity index (χ1) is 10.9. The maximum absolute atomic E-state index is 11.9. The summed E-state index contributed by atoms with van der Waals surface area (Å²) < 4.78 is 0. The van der Waals surface area contributed by atoms with Gasteiger partial charge in [0.15, 0.2) is 5.78 Å². The average Bonchev–Trinajstić information content (AvgIpc) is 2.85. The van der Waals surface area contributed by atoms with E-state index in [1.807, 2.05) is 6.08 Å². The highest BCUT2D eigenvalue weighted by Crippen LogP contribution is 2.67. The van der Waals surface area contributed by atoms with E-state index in [2.05, 4.69) is 27.4 Å². The summed E-state index contributed by atoms with van der Waals surface area (Å²) in [7, 11) is 0. The van der Waals surface area contributed by atoms with E-state index in [0.29, 0.717) is 16.6 Å². The molecule has 0 aliphatic heterocycles. The molecule has 4 aliphatic rings. The minimum atomic E-state index is 0.319. The van der Waals surface area contributed by atoms with Crippen LogP contribution in [0.4, 0.5) is 0 Å². The molecule has 0 aromatic carbocycles. The lowest BCUT2D eigenvalue weighted by atomic mass is 9.46. The summed E-state index contributed by atoms with van der Waals surface area (Å²) in [6, 6.07) is 0. The largest absolute Gasteiger partial charge is 0.295 e. The molecule has 0 aromatic rings. The fourth-order valence-electron chi connectivity index (χ4n) is 7.37. The van der Waals surface area contributed by atoms with Gasteiger partial charge in [0.25, 0.3) is 0 Å². The van der Waals surface area contributed by atoms with Crippen LogP contribution in [0.15, 0.2) is 23.8 Å². The van der Waals surface area contributed by atoms with Crippen molar-refractivity contribution in [3.8, 4) is 0 Å². The van der Waals surface area contributed by atoms with Crippen LogP contribution >= 0.6 is 0 Å². The van der Waals surface area contributed by atoms with Crippen molar-refractivity contribution in [1.29, 1.82) is 0 Å². The lowest BCUT2D eigenvalue weighted by molar-refractivity contribution is -0.117. The molecule has 1 heteroatoms. The molecule has 4 rings (SSSR count). The summed E-state index contributed by atoms with van der Waals surface area (Å²) >= 11 is 0. The number of fused-ring (bicyclic) bond motifs is 5. The van der Waals surface area contributed by atoms with Gasteiger partial charge in [-0.15, -0.1) is 0 Å². The Kier molecular flexibility index (Phi) is 3.45. The number of allylic oxidation sites excluding steroid dienone is 2. The quantitative estimate of drug-likeness (QED) is 0.567. The van der Waals surface area contributed by atoms with Crippen molar-refractivity contribution in [2.75, 3.05) is 0 Å². The lowest BCUT2D eigenvalue weighted by Crippen LogP contribution is -2.50. The highest BCUT2D eigenvalue weighted by atomic mass is 16.1. The Morgan fingerprint density at radius 1 is 1.09 bits per heavy atom. The molecular formula is C22H32O. The number of hydrogen-bond donors (Lipinski definition) is 0. The molecule has 126 valence electrons. The number of hydrogen-bond acceptors (Lipinski definition) is 1. The number of carbonyl (C=O) groups is 1. The zero-order valence-corrected chi connectivity index (χ0v) is 15.2. The Balaban J connectivity index is 1.67. The van der Waals surface area contributed by atoms with Crippen LogP contribution < -0.4 is 0 Å². The van der Waals surface area contributed by atoms with Crippen molar-refractivity contribution in [1.82, 2.24) is 0 Å². The number of ketones is 1. The Hall–Kier alpha value is -0.850. The van der Waals surface area contributed by atoms with Gasteiger partial charge in [-0.2, -0.15) is 0 Å². The summed E-state index contributed by atoms with van der Waals surface area (Å²) in [5, 5.41) is 0. The Bertz CT molecular complexity index is 585. The number of carbonyl (C=O) groups excluding carboxylic acids is 1. The van der Waals surface area contributed by atoms with Crippen molar-refractivity contribution < 1.29 is 4.79 Å². The molecule has 23 heavy (non-hydrogen) atoms. The van der Waals surface area contributed by atoms with Gasteiger partial charge in [-0.1, -0.05) is 31.6 Å². The third-order valence-electron chi connectivity index (χ3n) is 8.56. The summed E-state index contributed by atoms with van der Waals surface area (Å²) in [6.07, 6.45) is 11.9. The summed E-state index contributed by atoms with van der Waals surface area (Å²) in [4.78, 5) is 11.9. The van der Waals surface area contributed by atoms with Crippen LogP contribution in [-0.2, 0) is 4.79 Å². The van der Waals surface area contributed by atoms with E-state index >= 15 is 0 Å².